The average Bonchev–Trinajstić information content (AvgIpc) is 3.33. The Balaban J connectivity index is 1.52. The molecule has 0 saturated heterocycles. The van der Waals surface area contributed by atoms with Crippen molar-refractivity contribution >= 4 is 32.6 Å². The molecule has 0 aliphatic heterocycles. The molecular weight excluding hydrogens is 474 g/mol. The summed E-state index contributed by atoms with van der Waals surface area (Å²) in [6, 6.07) is 48.1. The topological polar surface area (TPSA) is 52.5 Å². The summed E-state index contributed by atoms with van der Waals surface area (Å²) in [6.07, 6.45) is 0. The monoisotopic (exact) mass is 495 g/mol. The summed E-state index contributed by atoms with van der Waals surface area (Å²) in [5.41, 5.74) is 9.08. The van der Waals surface area contributed by atoms with Crippen LogP contribution in [0.2, 0.25) is 0 Å². The Morgan fingerprint density at radius 1 is 0.436 bits per heavy atom. The highest BCUT2D eigenvalue weighted by molar-refractivity contribution is 6.12. The lowest BCUT2D eigenvalue weighted by Crippen LogP contribution is -1.95. The van der Waals surface area contributed by atoms with E-state index in [9.17, 15) is 10.5 Å². The number of hydrogen-bond acceptors (Lipinski definition) is 2. The molecule has 3 heteroatoms. The predicted molar refractivity (Wildman–Crippen MR) is 159 cm³/mol. The molecule has 0 aliphatic carbocycles. The van der Waals surface area contributed by atoms with Crippen molar-refractivity contribution in [1.29, 1.82) is 10.5 Å². The lowest BCUT2D eigenvalue weighted by molar-refractivity contribution is 1.20. The lowest BCUT2D eigenvalue weighted by Gasteiger charge is -2.12. The summed E-state index contributed by atoms with van der Waals surface area (Å²) in [7, 11) is 0. The molecule has 0 fully saturated rings. The third kappa shape index (κ3) is 3.74. The molecule has 6 aromatic carbocycles. The van der Waals surface area contributed by atoms with Crippen LogP contribution in [0.3, 0.4) is 0 Å². The van der Waals surface area contributed by atoms with Crippen molar-refractivity contribution in [3.8, 4) is 40.1 Å². The number of benzene rings is 6. The predicted octanol–water partition coefficient (Wildman–Crippen LogP) is 9.01. The minimum atomic E-state index is 0.652. The Hall–Kier alpha value is -5.64. The average molecular weight is 496 g/mol. The van der Waals surface area contributed by atoms with Gasteiger partial charge in [0, 0.05) is 16.2 Å². The van der Waals surface area contributed by atoms with Gasteiger partial charge in [0.15, 0.2) is 0 Å². The molecule has 0 bridgehead atoms. The summed E-state index contributed by atoms with van der Waals surface area (Å²) in [5, 5.41) is 23.2. The van der Waals surface area contributed by atoms with Gasteiger partial charge >= 0.3 is 0 Å². The Morgan fingerprint density at radius 2 is 0.923 bits per heavy atom. The Kier molecular flexibility index (Phi) is 5.22. The van der Waals surface area contributed by atoms with Crippen LogP contribution in [0.15, 0.2) is 127 Å². The highest BCUT2D eigenvalue weighted by Crippen LogP contribution is 2.38. The fourth-order valence-electron chi connectivity index (χ4n) is 5.52. The zero-order valence-corrected chi connectivity index (χ0v) is 21.0. The van der Waals surface area contributed by atoms with E-state index < -0.39 is 0 Å². The second kappa shape index (κ2) is 9.03. The number of aromatic nitrogens is 1. The van der Waals surface area contributed by atoms with Crippen LogP contribution in [-0.4, -0.2) is 4.57 Å². The van der Waals surface area contributed by atoms with E-state index >= 15 is 0 Å². The normalized spacial score (nSPS) is 11.0. The quantitative estimate of drug-likeness (QED) is 0.246. The number of hydrogen-bond donors (Lipinski definition) is 0. The Bertz CT molecular complexity index is 2000. The molecule has 0 atom stereocenters. The van der Waals surface area contributed by atoms with Gasteiger partial charge in [-0.25, -0.2) is 0 Å². The van der Waals surface area contributed by atoms with Gasteiger partial charge in [-0.1, -0.05) is 72.8 Å². The van der Waals surface area contributed by atoms with Gasteiger partial charge in [0.2, 0.25) is 0 Å². The third-order valence-electron chi connectivity index (χ3n) is 7.47. The number of rotatable bonds is 3. The Labute approximate surface area is 226 Å². The number of nitrogens with zero attached hydrogens (tertiary/aromatic N) is 3. The van der Waals surface area contributed by atoms with Crippen LogP contribution < -0.4 is 0 Å². The van der Waals surface area contributed by atoms with Crippen molar-refractivity contribution in [2.75, 3.05) is 0 Å². The first-order valence-electron chi connectivity index (χ1n) is 12.8. The summed E-state index contributed by atoms with van der Waals surface area (Å²) in [5.74, 6) is 0. The van der Waals surface area contributed by atoms with Crippen molar-refractivity contribution in [1.82, 2.24) is 4.57 Å². The van der Waals surface area contributed by atoms with Crippen LogP contribution in [0.1, 0.15) is 11.1 Å². The number of fused-ring (bicyclic) bond motifs is 4. The van der Waals surface area contributed by atoms with Crippen LogP contribution in [0, 0.1) is 22.7 Å². The SMILES string of the molecule is N#Cc1ccc(-c2ccc3c(c2)c2cc(-c4ccc(C#N)cc4)ccc2n3-c2cccc3ccccc23)cc1. The largest absolute Gasteiger partial charge is 0.309 e. The molecule has 0 radical (unpaired) electrons. The summed E-state index contributed by atoms with van der Waals surface area (Å²) in [6.45, 7) is 0. The first kappa shape index (κ1) is 22.5. The van der Waals surface area contributed by atoms with Crippen LogP contribution in [0.4, 0.5) is 0 Å². The highest BCUT2D eigenvalue weighted by Gasteiger charge is 2.16. The van der Waals surface area contributed by atoms with Crippen molar-refractivity contribution in [2.45, 2.75) is 0 Å². The molecule has 0 saturated carbocycles. The maximum Gasteiger partial charge on any atom is 0.0991 e. The lowest BCUT2D eigenvalue weighted by atomic mass is 9.99. The van der Waals surface area contributed by atoms with Gasteiger partial charge in [-0.3, -0.25) is 0 Å². The van der Waals surface area contributed by atoms with Gasteiger partial charge in [-0.05, 0) is 82.2 Å². The van der Waals surface area contributed by atoms with Crippen LogP contribution in [0.25, 0.3) is 60.5 Å². The van der Waals surface area contributed by atoms with Crippen LogP contribution in [0.5, 0.6) is 0 Å². The van der Waals surface area contributed by atoms with Gasteiger partial charge < -0.3 is 4.57 Å². The summed E-state index contributed by atoms with van der Waals surface area (Å²) in [4.78, 5) is 0. The van der Waals surface area contributed by atoms with E-state index in [1.54, 1.807) is 0 Å². The first-order valence-corrected chi connectivity index (χ1v) is 12.8. The number of nitriles is 2. The van der Waals surface area contributed by atoms with Gasteiger partial charge in [0.25, 0.3) is 0 Å². The summed E-state index contributed by atoms with van der Waals surface area (Å²) >= 11 is 0. The standard InChI is InChI=1S/C36H21N3/c37-22-24-8-12-26(13-9-24)29-16-18-35-32(20-29)33-21-30(27-14-10-25(23-38)11-15-27)17-19-36(33)39(35)34-7-3-5-28-4-1-2-6-31(28)34/h1-21H. The molecule has 0 unspecified atom stereocenters. The summed E-state index contributed by atoms with van der Waals surface area (Å²) < 4.78 is 2.36. The minimum Gasteiger partial charge on any atom is -0.309 e. The second-order valence-electron chi connectivity index (χ2n) is 9.68. The van der Waals surface area contributed by atoms with Crippen molar-refractivity contribution in [2.24, 2.45) is 0 Å². The van der Waals surface area contributed by atoms with Crippen LogP contribution in [-0.2, 0) is 0 Å². The molecule has 1 aromatic heterocycles. The Morgan fingerprint density at radius 3 is 1.46 bits per heavy atom. The van der Waals surface area contributed by atoms with E-state index in [1.807, 2.05) is 48.5 Å². The molecule has 0 amide bonds. The fourth-order valence-corrected chi connectivity index (χ4v) is 5.52. The zero-order chi connectivity index (χ0) is 26.3. The molecule has 0 aliphatic rings. The van der Waals surface area contributed by atoms with Gasteiger partial charge in [0.05, 0.1) is 40.0 Å². The molecule has 7 rings (SSSR count). The van der Waals surface area contributed by atoms with E-state index in [0.29, 0.717) is 11.1 Å². The first-order chi connectivity index (χ1) is 19.2. The van der Waals surface area contributed by atoms with E-state index in [0.717, 1.165) is 49.7 Å². The second-order valence-corrected chi connectivity index (χ2v) is 9.68. The molecule has 39 heavy (non-hydrogen) atoms. The highest BCUT2D eigenvalue weighted by atomic mass is 15.0. The minimum absolute atomic E-state index is 0.652. The zero-order valence-electron chi connectivity index (χ0n) is 21.0. The maximum atomic E-state index is 9.23. The molecular formula is C36H21N3. The fraction of sp³-hybridized carbons (Fsp3) is 0. The van der Waals surface area contributed by atoms with E-state index in [1.165, 1.54) is 10.8 Å². The molecule has 7 aromatic rings. The maximum absolute atomic E-state index is 9.23. The smallest absolute Gasteiger partial charge is 0.0991 e. The van der Waals surface area contributed by atoms with E-state index in [4.69, 9.17) is 0 Å². The van der Waals surface area contributed by atoms with Gasteiger partial charge in [0.1, 0.15) is 0 Å². The van der Waals surface area contributed by atoms with E-state index in [2.05, 4.69) is 95.6 Å². The van der Waals surface area contributed by atoms with Crippen LogP contribution >= 0.6 is 0 Å². The molecule has 1 heterocycles. The molecule has 3 nitrogen and oxygen atoms in total. The van der Waals surface area contributed by atoms with Crippen molar-refractivity contribution in [3.05, 3.63) is 139 Å². The third-order valence-corrected chi connectivity index (χ3v) is 7.47. The van der Waals surface area contributed by atoms with Gasteiger partial charge in [-0.2, -0.15) is 10.5 Å². The molecule has 180 valence electrons. The molecule has 0 spiro atoms. The van der Waals surface area contributed by atoms with Crippen molar-refractivity contribution < 1.29 is 0 Å². The van der Waals surface area contributed by atoms with E-state index in [-0.39, 0.29) is 0 Å². The van der Waals surface area contributed by atoms with Gasteiger partial charge in [-0.15, -0.1) is 0 Å². The molecule has 0 N–H and O–H groups in total. The van der Waals surface area contributed by atoms with Crippen molar-refractivity contribution in [3.63, 3.8) is 0 Å².